The average molecular weight is 484 g/mol. The second-order valence-electron chi connectivity index (χ2n) is 8.17. The van der Waals surface area contributed by atoms with Crippen LogP contribution in [-0.2, 0) is 20.0 Å². The fourth-order valence-corrected chi connectivity index (χ4v) is 5.85. The predicted octanol–water partition coefficient (Wildman–Crippen LogP) is 4.21. The molecule has 0 saturated carbocycles. The van der Waals surface area contributed by atoms with Crippen LogP contribution in [0.15, 0.2) is 82.8 Å². The van der Waals surface area contributed by atoms with E-state index < -0.39 is 26.1 Å². The first-order valence-corrected chi connectivity index (χ1v) is 13.7. The molecule has 3 aromatic carbocycles. The summed E-state index contributed by atoms with van der Waals surface area (Å²) < 4.78 is 54.1. The van der Waals surface area contributed by atoms with Gasteiger partial charge in [-0.25, -0.2) is 8.42 Å². The van der Waals surface area contributed by atoms with Crippen LogP contribution in [-0.4, -0.2) is 33.2 Å². The molecule has 1 N–H and O–H groups in total. The average Bonchev–Trinajstić information content (AvgIpc) is 3.20. The Morgan fingerprint density at radius 2 is 1.61 bits per heavy atom. The summed E-state index contributed by atoms with van der Waals surface area (Å²) in [7, 11) is -7.36. The maximum absolute atomic E-state index is 13.6. The first kappa shape index (κ1) is 23.0. The Balaban J connectivity index is 1.80. The normalized spacial score (nSPS) is 16.5. The number of hydrazone groups is 1. The zero-order valence-corrected chi connectivity index (χ0v) is 20.2. The van der Waals surface area contributed by atoms with Crippen molar-refractivity contribution < 1.29 is 16.8 Å². The lowest BCUT2D eigenvalue weighted by Gasteiger charge is -2.24. The van der Waals surface area contributed by atoms with E-state index in [2.05, 4.69) is 9.82 Å². The van der Waals surface area contributed by atoms with Gasteiger partial charge in [-0.15, -0.1) is 0 Å². The summed E-state index contributed by atoms with van der Waals surface area (Å²) in [6.07, 6.45) is 1.44. The molecule has 1 heterocycles. The SMILES string of the molecule is Cc1ccc(S(=O)(=O)N2N=C(c3cccc(NS(C)(=O)=O)c3)CC2c2ccccc2C)cc1. The van der Waals surface area contributed by atoms with Crippen LogP contribution in [0, 0.1) is 13.8 Å². The second-order valence-corrected chi connectivity index (χ2v) is 11.7. The van der Waals surface area contributed by atoms with E-state index in [1.54, 1.807) is 48.5 Å². The van der Waals surface area contributed by atoms with E-state index in [0.717, 1.165) is 22.9 Å². The summed E-state index contributed by atoms with van der Waals surface area (Å²) in [5, 5.41) is 4.55. The van der Waals surface area contributed by atoms with Gasteiger partial charge in [0.25, 0.3) is 10.0 Å². The van der Waals surface area contributed by atoms with Crippen molar-refractivity contribution >= 4 is 31.4 Å². The Bertz CT molecular complexity index is 1430. The van der Waals surface area contributed by atoms with E-state index in [-0.39, 0.29) is 4.90 Å². The Kier molecular flexibility index (Phi) is 6.02. The molecule has 3 aromatic rings. The van der Waals surface area contributed by atoms with Gasteiger partial charge in [0, 0.05) is 12.1 Å². The highest BCUT2D eigenvalue weighted by Gasteiger charge is 2.38. The Labute approximate surface area is 194 Å². The van der Waals surface area contributed by atoms with Gasteiger partial charge in [-0.3, -0.25) is 4.72 Å². The van der Waals surface area contributed by atoms with Gasteiger partial charge in [0.05, 0.1) is 22.9 Å². The number of nitrogens with one attached hydrogen (secondary N) is 1. The van der Waals surface area contributed by atoms with Crippen molar-refractivity contribution in [2.75, 3.05) is 11.0 Å². The highest BCUT2D eigenvalue weighted by Crippen LogP contribution is 2.38. The van der Waals surface area contributed by atoms with Crippen molar-refractivity contribution in [3.05, 3.63) is 95.1 Å². The molecule has 1 aliphatic heterocycles. The summed E-state index contributed by atoms with van der Waals surface area (Å²) in [5.74, 6) is 0. The molecule has 7 nitrogen and oxygen atoms in total. The van der Waals surface area contributed by atoms with Crippen LogP contribution in [0.4, 0.5) is 5.69 Å². The monoisotopic (exact) mass is 483 g/mol. The van der Waals surface area contributed by atoms with E-state index in [1.807, 2.05) is 38.1 Å². The van der Waals surface area contributed by atoms with Gasteiger partial charge in [0.2, 0.25) is 10.0 Å². The number of nitrogens with zero attached hydrogens (tertiary/aromatic N) is 2. The zero-order valence-electron chi connectivity index (χ0n) is 18.6. The third kappa shape index (κ3) is 4.94. The number of anilines is 1. The van der Waals surface area contributed by atoms with Crippen LogP contribution in [0.25, 0.3) is 0 Å². The van der Waals surface area contributed by atoms with Gasteiger partial charge < -0.3 is 0 Å². The Morgan fingerprint density at radius 3 is 2.27 bits per heavy atom. The number of aryl methyl sites for hydroxylation is 2. The van der Waals surface area contributed by atoms with Gasteiger partial charge in [-0.2, -0.15) is 17.9 Å². The van der Waals surface area contributed by atoms with Gasteiger partial charge in [-0.05, 0) is 54.8 Å². The van der Waals surface area contributed by atoms with Gasteiger partial charge >= 0.3 is 0 Å². The van der Waals surface area contributed by atoms with Crippen LogP contribution in [0.3, 0.4) is 0 Å². The first-order chi connectivity index (χ1) is 15.5. The third-order valence-electron chi connectivity index (χ3n) is 5.48. The van der Waals surface area contributed by atoms with E-state index in [0.29, 0.717) is 23.4 Å². The summed E-state index contributed by atoms with van der Waals surface area (Å²) >= 11 is 0. The Hall–Kier alpha value is -3.17. The molecule has 1 aliphatic rings. The molecule has 0 radical (unpaired) electrons. The molecule has 0 aromatic heterocycles. The molecule has 33 heavy (non-hydrogen) atoms. The van der Waals surface area contributed by atoms with Crippen molar-refractivity contribution in [1.82, 2.24) is 4.41 Å². The maximum atomic E-state index is 13.6. The minimum absolute atomic E-state index is 0.171. The van der Waals surface area contributed by atoms with Crippen molar-refractivity contribution in [2.24, 2.45) is 5.10 Å². The number of hydrogen-bond donors (Lipinski definition) is 1. The highest BCUT2D eigenvalue weighted by atomic mass is 32.2. The smallest absolute Gasteiger partial charge is 0.279 e. The lowest BCUT2D eigenvalue weighted by atomic mass is 9.96. The summed E-state index contributed by atoms with van der Waals surface area (Å²) in [4.78, 5) is 0.171. The van der Waals surface area contributed by atoms with E-state index in [1.165, 1.54) is 4.41 Å². The molecule has 1 atom stereocenters. The van der Waals surface area contributed by atoms with Crippen molar-refractivity contribution in [2.45, 2.75) is 31.2 Å². The second kappa shape index (κ2) is 8.64. The van der Waals surface area contributed by atoms with Crippen LogP contribution in [0.5, 0.6) is 0 Å². The summed E-state index contributed by atoms with van der Waals surface area (Å²) in [5.41, 5.74) is 4.42. The number of hydrogen-bond acceptors (Lipinski definition) is 5. The quantitative estimate of drug-likeness (QED) is 0.568. The zero-order chi connectivity index (χ0) is 23.8. The largest absolute Gasteiger partial charge is 0.284 e. The molecule has 0 bridgehead atoms. The third-order valence-corrected chi connectivity index (χ3v) is 7.79. The fourth-order valence-electron chi connectivity index (χ4n) is 3.87. The summed E-state index contributed by atoms with van der Waals surface area (Å²) in [6, 6.07) is 20.6. The molecular formula is C24H25N3O4S2. The van der Waals surface area contributed by atoms with Crippen LogP contribution in [0.2, 0.25) is 0 Å². The summed E-state index contributed by atoms with van der Waals surface area (Å²) in [6.45, 7) is 3.84. The molecular weight excluding hydrogens is 458 g/mol. The lowest BCUT2D eigenvalue weighted by molar-refractivity contribution is 0.370. The molecule has 0 saturated heterocycles. The minimum atomic E-state index is -3.92. The number of sulfonamides is 2. The number of benzene rings is 3. The molecule has 0 spiro atoms. The van der Waals surface area contributed by atoms with Crippen molar-refractivity contribution in [3.63, 3.8) is 0 Å². The molecule has 4 rings (SSSR count). The van der Waals surface area contributed by atoms with Crippen LogP contribution in [0.1, 0.15) is 34.7 Å². The van der Waals surface area contributed by atoms with Crippen molar-refractivity contribution in [1.29, 1.82) is 0 Å². The standard InChI is InChI=1S/C24H25N3O4S2/c1-17-11-13-21(14-12-17)33(30,31)27-24(22-10-5-4-7-18(22)2)16-23(25-27)19-8-6-9-20(15-19)26-32(3,28)29/h4-15,24,26H,16H2,1-3H3. The van der Waals surface area contributed by atoms with Gasteiger partial charge in [0.1, 0.15) is 0 Å². The lowest BCUT2D eigenvalue weighted by Crippen LogP contribution is -2.27. The van der Waals surface area contributed by atoms with Crippen LogP contribution >= 0.6 is 0 Å². The molecule has 9 heteroatoms. The van der Waals surface area contributed by atoms with Crippen molar-refractivity contribution in [3.8, 4) is 0 Å². The Morgan fingerprint density at radius 1 is 0.909 bits per heavy atom. The highest BCUT2D eigenvalue weighted by molar-refractivity contribution is 7.92. The topological polar surface area (TPSA) is 95.9 Å². The molecule has 0 aliphatic carbocycles. The number of rotatable bonds is 6. The fraction of sp³-hybridized carbons (Fsp3) is 0.208. The van der Waals surface area contributed by atoms with E-state index in [4.69, 9.17) is 0 Å². The molecule has 0 fully saturated rings. The molecule has 1 unspecified atom stereocenters. The maximum Gasteiger partial charge on any atom is 0.279 e. The van der Waals surface area contributed by atoms with Crippen LogP contribution < -0.4 is 4.72 Å². The first-order valence-electron chi connectivity index (χ1n) is 10.4. The van der Waals surface area contributed by atoms with Gasteiger partial charge in [0.15, 0.2) is 0 Å². The van der Waals surface area contributed by atoms with E-state index in [9.17, 15) is 16.8 Å². The predicted molar refractivity (Wildman–Crippen MR) is 130 cm³/mol. The molecule has 172 valence electrons. The van der Waals surface area contributed by atoms with E-state index >= 15 is 0 Å². The van der Waals surface area contributed by atoms with Gasteiger partial charge in [-0.1, -0.05) is 54.1 Å². The molecule has 0 amide bonds. The minimum Gasteiger partial charge on any atom is -0.284 e.